The molecule has 0 saturated heterocycles. The van der Waals surface area contributed by atoms with Gasteiger partial charge in [-0.15, -0.1) is 10.2 Å². The molecular weight excluding hydrogens is 518 g/mol. The smallest absolute Gasteiger partial charge is 0.255 e. The van der Waals surface area contributed by atoms with Crippen LogP contribution >= 0.6 is 11.6 Å². The average Bonchev–Trinajstić information content (AvgIpc) is 3.55. The van der Waals surface area contributed by atoms with Crippen LogP contribution in [0.2, 0.25) is 5.02 Å². The summed E-state index contributed by atoms with van der Waals surface area (Å²) < 4.78 is 12.9. The third-order valence-corrected chi connectivity index (χ3v) is 7.16. The number of ether oxygens (including phenoxy) is 2. The minimum atomic E-state index is -0.196. The second-order valence-electron chi connectivity index (χ2n) is 9.75. The van der Waals surface area contributed by atoms with Crippen LogP contribution in [0.5, 0.6) is 11.5 Å². The number of nitrogens with one attached hydrogen (secondary N) is 1. The molecule has 0 aliphatic rings. The lowest BCUT2D eigenvalue weighted by molar-refractivity contribution is 0.0729. The van der Waals surface area contributed by atoms with Crippen LogP contribution in [0.25, 0.3) is 11.4 Å². The van der Waals surface area contributed by atoms with Gasteiger partial charge in [-0.2, -0.15) is 5.21 Å². The van der Waals surface area contributed by atoms with Crippen molar-refractivity contribution in [3.05, 3.63) is 69.8 Å². The Balaban J connectivity index is 1.70. The standard InChI is InChI=1S/C28H34ClN7O3/c1-17(2)13-14-35(28(37)22-11-12-23(38-5)26(39-6)25(22)29)16-24-30-18(3)19(4)36(24)15-20-9-7-8-10-21(20)27-31-33-34-32-27/h7-12,17H,13-16H2,1-6H3,(H,31,32,33,34). The molecule has 0 radical (unpaired) electrons. The number of hydrogen-bond donors (Lipinski definition) is 1. The minimum Gasteiger partial charge on any atom is -0.493 e. The van der Waals surface area contributed by atoms with Crippen molar-refractivity contribution in [3.8, 4) is 22.9 Å². The summed E-state index contributed by atoms with van der Waals surface area (Å²) in [7, 11) is 3.04. The van der Waals surface area contributed by atoms with E-state index in [0.29, 0.717) is 48.4 Å². The van der Waals surface area contributed by atoms with Crippen molar-refractivity contribution in [1.82, 2.24) is 35.1 Å². The zero-order valence-electron chi connectivity index (χ0n) is 23.2. The molecule has 0 aliphatic carbocycles. The van der Waals surface area contributed by atoms with E-state index in [1.54, 1.807) is 17.0 Å². The highest BCUT2D eigenvalue weighted by Gasteiger charge is 2.25. The molecule has 0 atom stereocenters. The molecule has 4 aromatic rings. The Hall–Kier alpha value is -3.92. The number of aryl methyl sites for hydroxylation is 1. The molecule has 2 aromatic carbocycles. The van der Waals surface area contributed by atoms with Crippen molar-refractivity contribution >= 4 is 17.5 Å². The van der Waals surface area contributed by atoms with E-state index in [4.69, 9.17) is 26.1 Å². The summed E-state index contributed by atoms with van der Waals surface area (Å²) in [6, 6.07) is 11.3. The predicted octanol–water partition coefficient (Wildman–Crippen LogP) is 5.09. The molecular formula is C28H34ClN7O3. The predicted molar refractivity (Wildman–Crippen MR) is 149 cm³/mol. The van der Waals surface area contributed by atoms with Crippen LogP contribution in [0.4, 0.5) is 0 Å². The molecule has 0 aliphatic heterocycles. The molecule has 10 nitrogen and oxygen atoms in total. The Morgan fingerprint density at radius 3 is 2.56 bits per heavy atom. The number of nitrogens with zero attached hydrogens (tertiary/aromatic N) is 6. The highest BCUT2D eigenvalue weighted by Crippen LogP contribution is 2.38. The molecule has 2 aromatic heterocycles. The van der Waals surface area contributed by atoms with Gasteiger partial charge < -0.3 is 18.9 Å². The maximum absolute atomic E-state index is 13.9. The number of aromatic nitrogens is 6. The third-order valence-electron chi connectivity index (χ3n) is 6.78. The Kier molecular flexibility index (Phi) is 8.86. The van der Waals surface area contributed by atoms with Crippen LogP contribution < -0.4 is 9.47 Å². The average molecular weight is 552 g/mol. The number of amides is 1. The first-order valence-electron chi connectivity index (χ1n) is 12.8. The summed E-state index contributed by atoms with van der Waals surface area (Å²) in [6.07, 6.45) is 0.829. The number of H-pyrrole nitrogens is 1. The van der Waals surface area contributed by atoms with Crippen molar-refractivity contribution in [2.45, 2.75) is 47.2 Å². The van der Waals surface area contributed by atoms with Crippen molar-refractivity contribution < 1.29 is 14.3 Å². The van der Waals surface area contributed by atoms with E-state index in [0.717, 1.165) is 34.8 Å². The first kappa shape index (κ1) is 28.1. The van der Waals surface area contributed by atoms with E-state index >= 15 is 0 Å². The number of rotatable bonds is 11. The van der Waals surface area contributed by atoms with Crippen LogP contribution in [0, 0.1) is 19.8 Å². The number of tetrazole rings is 1. The van der Waals surface area contributed by atoms with Gasteiger partial charge in [0.25, 0.3) is 5.91 Å². The fourth-order valence-electron chi connectivity index (χ4n) is 4.44. The Bertz CT molecular complexity index is 1430. The Morgan fingerprint density at radius 1 is 1.13 bits per heavy atom. The highest BCUT2D eigenvalue weighted by molar-refractivity contribution is 6.35. The number of hydrogen-bond acceptors (Lipinski definition) is 7. The van der Waals surface area contributed by atoms with Crippen LogP contribution in [0.3, 0.4) is 0 Å². The van der Waals surface area contributed by atoms with Gasteiger partial charge in [0.1, 0.15) is 5.82 Å². The number of imidazole rings is 1. The number of methoxy groups -OCH3 is 2. The molecule has 0 unspecified atom stereocenters. The Morgan fingerprint density at radius 2 is 1.90 bits per heavy atom. The van der Waals surface area contributed by atoms with Gasteiger partial charge in [-0.05, 0) is 49.1 Å². The SMILES string of the molecule is COc1ccc(C(=O)N(CCC(C)C)Cc2nc(C)c(C)n2Cc2ccccc2-c2nn[nH]n2)c(Cl)c1OC. The molecule has 1 amide bonds. The van der Waals surface area contributed by atoms with E-state index in [9.17, 15) is 4.79 Å². The van der Waals surface area contributed by atoms with Crippen molar-refractivity contribution in [2.24, 2.45) is 5.92 Å². The van der Waals surface area contributed by atoms with E-state index in [1.807, 2.05) is 38.1 Å². The number of carbonyl (C=O) groups excluding carboxylic acids is 1. The molecule has 4 rings (SSSR count). The summed E-state index contributed by atoms with van der Waals surface area (Å²) in [5.41, 5.74) is 4.18. The molecule has 0 saturated carbocycles. The summed E-state index contributed by atoms with van der Waals surface area (Å²) in [4.78, 5) is 20.6. The fraction of sp³-hybridized carbons (Fsp3) is 0.393. The van der Waals surface area contributed by atoms with E-state index in [2.05, 4.69) is 39.0 Å². The van der Waals surface area contributed by atoms with E-state index < -0.39 is 0 Å². The zero-order chi connectivity index (χ0) is 28.1. The quantitative estimate of drug-likeness (QED) is 0.276. The van der Waals surface area contributed by atoms with Gasteiger partial charge in [-0.25, -0.2) is 4.98 Å². The number of carbonyl (C=O) groups is 1. The number of benzene rings is 2. The second kappa shape index (κ2) is 12.3. The maximum Gasteiger partial charge on any atom is 0.255 e. The van der Waals surface area contributed by atoms with Crippen LogP contribution in [-0.4, -0.2) is 61.7 Å². The Labute approximate surface area is 233 Å². The lowest BCUT2D eigenvalue weighted by atomic mass is 10.1. The molecule has 39 heavy (non-hydrogen) atoms. The molecule has 2 heterocycles. The lowest BCUT2D eigenvalue weighted by Gasteiger charge is -2.25. The molecule has 206 valence electrons. The lowest BCUT2D eigenvalue weighted by Crippen LogP contribution is -2.33. The summed E-state index contributed by atoms with van der Waals surface area (Å²) >= 11 is 6.64. The van der Waals surface area contributed by atoms with Gasteiger partial charge in [0.15, 0.2) is 11.5 Å². The zero-order valence-corrected chi connectivity index (χ0v) is 23.9. The summed E-state index contributed by atoms with van der Waals surface area (Å²) in [6.45, 7) is 9.68. The van der Waals surface area contributed by atoms with Gasteiger partial charge in [-0.1, -0.05) is 49.7 Å². The molecule has 0 fully saturated rings. The fourth-order valence-corrected chi connectivity index (χ4v) is 4.75. The molecule has 0 bridgehead atoms. The molecule has 0 spiro atoms. The molecule has 1 N–H and O–H groups in total. The van der Waals surface area contributed by atoms with Crippen molar-refractivity contribution in [1.29, 1.82) is 0 Å². The largest absolute Gasteiger partial charge is 0.493 e. The van der Waals surface area contributed by atoms with E-state index in [-0.39, 0.29) is 10.9 Å². The third kappa shape index (κ3) is 6.06. The van der Waals surface area contributed by atoms with Crippen molar-refractivity contribution in [2.75, 3.05) is 20.8 Å². The minimum absolute atomic E-state index is 0.196. The normalized spacial score (nSPS) is 11.2. The summed E-state index contributed by atoms with van der Waals surface area (Å²) in [5.74, 6) is 2.32. The number of halogens is 1. The van der Waals surface area contributed by atoms with E-state index in [1.165, 1.54) is 14.2 Å². The summed E-state index contributed by atoms with van der Waals surface area (Å²) in [5, 5.41) is 14.8. The van der Waals surface area contributed by atoms with Gasteiger partial charge in [-0.3, -0.25) is 4.79 Å². The van der Waals surface area contributed by atoms with Gasteiger partial charge in [0.2, 0.25) is 5.82 Å². The topological polar surface area (TPSA) is 111 Å². The first-order valence-corrected chi connectivity index (χ1v) is 13.2. The van der Waals surface area contributed by atoms with Gasteiger partial charge >= 0.3 is 0 Å². The van der Waals surface area contributed by atoms with Gasteiger partial charge in [0, 0.05) is 24.3 Å². The van der Waals surface area contributed by atoms with Crippen molar-refractivity contribution in [3.63, 3.8) is 0 Å². The second-order valence-corrected chi connectivity index (χ2v) is 10.1. The van der Waals surface area contributed by atoms with Crippen LogP contribution in [-0.2, 0) is 13.1 Å². The van der Waals surface area contributed by atoms with Gasteiger partial charge in [0.05, 0.1) is 37.0 Å². The van der Waals surface area contributed by atoms with Crippen LogP contribution in [0.1, 0.15) is 53.4 Å². The first-order chi connectivity index (χ1) is 18.7. The molecule has 11 heteroatoms. The van der Waals surface area contributed by atoms with Crippen LogP contribution in [0.15, 0.2) is 36.4 Å². The number of aromatic amines is 1. The highest BCUT2D eigenvalue weighted by atomic mass is 35.5. The maximum atomic E-state index is 13.9. The monoisotopic (exact) mass is 551 g/mol.